The Morgan fingerprint density at radius 3 is 2.71 bits per heavy atom. The predicted octanol–water partition coefficient (Wildman–Crippen LogP) is 2.99. The largest absolute Gasteiger partial charge is 0.384 e. The van der Waals surface area contributed by atoms with Crippen LogP contribution in [0.25, 0.3) is 11.3 Å². The second-order valence-corrected chi connectivity index (χ2v) is 4.18. The molecule has 0 aliphatic rings. The molecule has 17 heavy (non-hydrogen) atoms. The molecule has 88 valence electrons. The maximum atomic E-state index is 5.74. The molecule has 0 fully saturated rings. The van der Waals surface area contributed by atoms with Crippen LogP contribution in [0.5, 0.6) is 0 Å². The molecule has 1 heterocycles. The van der Waals surface area contributed by atoms with E-state index in [-0.39, 0.29) is 0 Å². The van der Waals surface area contributed by atoms with Gasteiger partial charge >= 0.3 is 0 Å². The van der Waals surface area contributed by atoms with Gasteiger partial charge in [0.2, 0.25) is 0 Å². The lowest BCUT2D eigenvalue weighted by atomic mass is 10.0. The number of nitrogen functional groups attached to an aromatic ring is 1. The smallest absolute Gasteiger partial charge is 0.128 e. The Kier molecular flexibility index (Phi) is 3.38. The molecule has 0 unspecified atom stereocenters. The van der Waals surface area contributed by atoms with Gasteiger partial charge < -0.3 is 5.73 Å². The molecule has 2 rings (SSSR count). The molecule has 0 saturated carbocycles. The minimum absolute atomic E-state index is 0.522. The lowest BCUT2D eigenvalue weighted by Gasteiger charge is -2.05. The van der Waals surface area contributed by atoms with Crippen molar-refractivity contribution in [2.24, 2.45) is 0 Å². The highest BCUT2D eigenvalue weighted by atomic mass is 14.9. The van der Waals surface area contributed by atoms with Gasteiger partial charge in [0.15, 0.2) is 0 Å². The van der Waals surface area contributed by atoms with E-state index in [9.17, 15) is 0 Å². The van der Waals surface area contributed by atoms with Gasteiger partial charge in [-0.25, -0.2) is 9.97 Å². The highest BCUT2D eigenvalue weighted by molar-refractivity contribution is 5.62. The summed E-state index contributed by atoms with van der Waals surface area (Å²) in [6.07, 6.45) is 2.24. The summed E-state index contributed by atoms with van der Waals surface area (Å²) in [6, 6.07) is 10.3. The van der Waals surface area contributed by atoms with E-state index in [1.165, 1.54) is 5.56 Å². The van der Waals surface area contributed by atoms with Crippen LogP contribution in [0.3, 0.4) is 0 Å². The van der Waals surface area contributed by atoms with Crippen LogP contribution in [-0.4, -0.2) is 9.97 Å². The predicted molar refractivity (Wildman–Crippen MR) is 70.6 cm³/mol. The van der Waals surface area contributed by atoms with Gasteiger partial charge in [0, 0.05) is 11.6 Å². The normalized spacial score (nSPS) is 10.5. The molecular formula is C14H17N3. The Morgan fingerprint density at radius 1 is 1.18 bits per heavy atom. The third kappa shape index (κ3) is 2.81. The van der Waals surface area contributed by atoms with Crippen molar-refractivity contribution in [3.63, 3.8) is 0 Å². The summed E-state index contributed by atoms with van der Waals surface area (Å²) >= 11 is 0. The SMILES string of the molecule is CCCc1cccc(-c2cc(N)nc(C)n2)c1. The van der Waals surface area contributed by atoms with Gasteiger partial charge in [-0.05, 0) is 25.0 Å². The monoisotopic (exact) mass is 227 g/mol. The fourth-order valence-electron chi connectivity index (χ4n) is 1.91. The van der Waals surface area contributed by atoms with Crippen molar-refractivity contribution in [3.8, 4) is 11.3 Å². The maximum Gasteiger partial charge on any atom is 0.128 e. The molecule has 3 heteroatoms. The molecule has 0 aliphatic heterocycles. The quantitative estimate of drug-likeness (QED) is 0.877. The maximum absolute atomic E-state index is 5.74. The average Bonchev–Trinajstić information content (AvgIpc) is 2.28. The van der Waals surface area contributed by atoms with E-state index in [2.05, 4.69) is 41.2 Å². The lowest BCUT2D eigenvalue weighted by Crippen LogP contribution is -1.97. The van der Waals surface area contributed by atoms with E-state index in [4.69, 9.17) is 5.73 Å². The third-order valence-corrected chi connectivity index (χ3v) is 2.62. The minimum atomic E-state index is 0.522. The molecule has 0 saturated heterocycles. The number of aromatic nitrogens is 2. The molecule has 0 spiro atoms. The van der Waals surface area contributed by atoms with Crippen molar-refractivity contribution in [1.82, 2.24) is 9.97 Å². The molecule has 0 bridgehead atoms. The van der Waals surface area contributed by atoms with Crippen LogP contribution < -0.4 is 5.73 Å². The lowest BCUT2D eigenvalue weighted by molar-refractivity contribution is 0.922. The van der Waals surface area contributed by atoms with Crippen molar-refractivity contribution >= 4 is 5.82 Å². The fraction of sp³-hybridized carbons (Fsp3) is 0.286. The van der Waals surface area contributed by atoms with E-state index < -0.39 is 0 Å². The number of anilines is 1. The van der Waals surface area contributed by atoms with Crippen molar-refractivity contribution in [1.29, 1.82) is 0 Å². The van der Waals surface area contributed by atoms with Gasteiger partial charge in [0.1, 0.15) is 11.6 Å². The second kappa shape index (κ2) is 4.95. The Balaban J connectivity index is 2.41. The minimum Gasteiger partial charge on any atom is -0.384 e. The second-order valence-electron chi connectivity index (χ2n) is 4.18. The van der Waals surface area contributed by atoms with E-state index in [0.29, 0.717) is 11.6 Å². The fourth-order valence-corrected chi connectivity index (χ4v) is 1.91. The topological polar surface area (TPSA) is 51.8 Å². The summed E-state index contributed by atoms with van der Waals surface area (Å²) in [5.41, 5.74) is 9.08. The van der Waals surface area contributed by atoms with Gasteiger partial charge in [-0.2, -0.15) is 0 Å². The highest BCUT2D eigenvalue weighted by Gasteiger charge is 2.03. The van der Waals surface area contributed by atoms with E-state index in [1.807, 2.05) is 13.0 Å². The van der Waals surface area contributed by atoms with Gasteiger partial charge in [-0.1, -0.05) is 31.5 Å². The molecule has 0 aliphatic carbocycles. The Labute approximate surface area is 102 Å². The first kappa shape index (κ1) is 11.6. The zero-order valence-corrected chi connectivity index (χ0v) is 10.3. The zero-order chi connectivity index (χ0) is 12.3. The van der Waals surface area contributed by atoms with Crippen LogP contribution >= 0.6 is 0 Å². The van der Waals surface area contributed by atoms with Crippen molar-refractivity contribution in [3.05, 3.63) is 41.7 Å². The first-order valence-corrected chi connectivity index (χ1v) is 5.89. The van der Waals surface area contributed by atoms with Gasteiger partial charge in [0.25, 0.3) is 0 Å². The van der Waals surface area contributed by atoms with Crippen molar-refractivity contribution in [2.75, 3.05) is 5.73 Å². The Bertz CT molecular complexity index is 500. The number of nitrogens with two attached hydrogens (primary N) is 1. The van der Waals surface area contributed by atoms with E-state index in [1.54, 1.807) is 0 Å². The molecule has 0 radical (unpaired) electrons. The highest BCUT2D eigenvalue weighted by Crippen LogP contribution is 2.20. The van der Waals surface area contributed by atoms with Gasteiger partial charge in [-0.15, -0.1) is 0 Å². The molecule has 1 aromatic heterocycles. The molecule has 2 N–H and O–H groups in total. The summed E-state index contributed by atoms with van der Waals surface area (Å²) in [5, 5.41) is 0. The number of aryl methyl sites for hydroxylation is 2. The number of hydrogen-bond acceptors (Lipinski definition) is 3. The number of rotatable bonds is 3. The van der Waals surface area contributed by atoms with Crippen molar-refractivity contribution in [2.45, 2.75) is 26.7 Å². The van der Waals surface area contributed by atoms with E-state index in [0.717, 1.165) is 24.1 Å². The summed E-state index contributed by atoms with van der Waals surface area (Å²) in [5.74, 6) is 1.23. The summed E-state index contributed by atoms with van der Waals surface area (Å²) in [4.78, 5) is 8.50. The Morgan fingerprint density at radius 2 is 2.00 bits per heavy atom. The summed E-state index contributed by atoms with van der Waals surface area (Å²) in [6.45, 7) is 4.04. The first-order valence-electron chi connectivity index (χ1n) is 5.89. The molecule has 2 aromatic rings. The zero-order valence-electron chi connectivity index (χ0n) is 10.3. The average molecular weight is 227 g/mol. The summed E-state index contributed by atoms with van der Waals surface area (Å²) < 4.78 is 0. The molecule has 0 amide bonds. The first-order chi connectivity index (χ1) is 8.19. The van der Waals surface area contributed by atoms with Gasteiger partial charge in [-0.3, -0.25) is 0 Å². The van der Waals surface area contributed by atoms with Crippen LogP contribution in [-0.2, 0) is 6.42 Å². The van der Waals surface area contributed by atoms with Gasteiger partial charge in [0.05, 0.1) is 5.69 Å². The molecule has 0 atom stereocenters. The molecule has 1 aromatic carbocycles. The summed E-state index contributed by atoms with van der Waals surface area (Å²) in [7, 11) is 0. The third-order valence-electron chi connectivity index (χ3n) is 2.62. The van der Waals surface area contributed by atoms with E-state index >= 15 is 0 Å². The van der Waals surface area contributed by atoms with Crippen LogP contribution in [0, 0.1) is 6.92 Å². The molecule has 3 nitrogen and oxygen atoms in total. The van der Waals surface area contributed by atoms with Crippen LogP contribution in [0.4, 0.5) is 5.82 Å². The standard InChI is InChI=1S/C14H17N3/c1-3-5-11-6-4-7-12(8-11)13-9-14(15)17-10(2)16-13/h4,6-9H,3,5H2,1-2H3,(H2,15,16,17). The number of benzene rings is 1. The van der Waals surface area contributed by atoms with Crippen molar-refractivity contribution < 1.29 is 0 Å². The molecular weight excluding hydrogens is 210 g/mol. The van der Waals surface area contributed by atoms with Crippen LogP contribution in [0.2, 0.25) is 0 Å². The Hall–Kier alpha value is -1.90. The number of nitrogens with zero attached hydrogens (tertiary/aromatic N) is 2. The van der Waals surface area contributed by atoms with Crippen LogP contribution in [0.15, 0.2) is 30.3 Å². The number of hydrogen-bond donors (Lipinski definition) is 1. The van der Waals surface area contributed by atoms with Crippen LogP contribution in [0.1, 0.15) is 24.7 Å².